The van der Waals surface area contributed by atoms with Crippen LogP contribution in [0.1, 0.15) is 24.3 Å². The molecule has 138 valence electrons. The molecule has 0 fully saturated rings. The number of thioether (sulfide) groups is 1. The van der Waals surface area contributed by atoms with Crippen LogP contribution in [-0.4, -0.2) is 52.9 Å². The first kappa shape index (κ1) is 19.9. The summed E-state index contributed by atoms with van der Waals surface area (Å²) >= 11 is 2.85. The van der Waals surface area contributed by atoms with Crippen molar-refractivity contribution < 1.29 is 9.53 Å². The van der Waals surface area contributed by atoms with Crippen LogP contribution < -0.4 is 5.56 Å². The van der Waals surface area contributed by atoms with Gasteiger partial charge in [-0.1, -0.05) is 11.8 Å². The van der Waals surface area contributed by atoms with Crippen LogP contribution in [-0.2, 0) is 16.1 Å². The largest absolute Gasteiger partial charge is 0.383 e. The zero-order chi connectivity index (χ0) is 18.6. The molecular weight excluding hydrogens is 358 g/mol. The lowest BCUT2D eigenvalue weighted by Crippen LogP contribution is -2.32. The first-order chi connectivity index (χ1) is 11.9. The highest BCUT2D eigenvalue weighted by atomic mass is 32.2. The molecule has 0 aliphatic carbocycles. The molecule has 0 unspecified atom stereocenters. The molecule has 0 aliphatic rings. The third kappa shape index (κ3) is 4.24. The van der Waals surface area contributed by atoms with Gasteiger partial charge < -0.3 is 9.64 Å². The van der Waals surface area contributed by atoms with Crippen molar-refractivity contribution in [1.29, 1.82) is 0 Å². The predicted octanol–water partition coefficient (Wildman–Crippen LogP) is 2.68. The number of hydrogen-bond donors (Lipinski definition) is 0. The fourth-order valence-electron chi connectivity index (χ4n) is 2.59. The van der Waals surface area contributed by atoms with Crippen molar-refractivity contribution >= 4 is 39.2 Å². The van der Waals surface area contributed by atoms with Crippen molar-refractivity contribution in [3.8, 4) is 0 Å². The number of amides is 1. The van der Waals surface area contributed by atoms with Crippen LogP contribution in [0.15, 0.2) is 9.95 Å². The standard InChI is InChI=1S/C17H25N3O3S2/c1-6-19(7-2)13(21)10-24-17-18-15-14(11(3)12(4)25-15)16(22)20(17)8-9-23-5/h6-10H2,1-5H3. The third-order valence-corrected chi connectivity index (χ3v) is 6.28. The van der Waals surface area contributed by atoms with Crippen LogP contribution in [0, 0.1) is 13.8 Å². The van der Waals surface area contributed by atoms with Crippen LogP contribution in [0.2, 0.25) is 0 Å². The van der Waals surface area contributed by atoms with E-state index in [0.29, 0.717) is 36.8 Å². The zero-order valence-electron chi connectivity index (χ0n) is 15.4. The van der Waals surface area contributed by atoms with Gasteiger partial charge in [0, 0.05) is 25.1 Å². The van der Waals surface area contributed by atoms with E-state index >= 15 is 0 Å². The summed E-state index contributed by atoms with van der Waals surface area (Å²) in [4.78, 5) is 33.5. The second-order valence-corrected chi connectivity index (χ2v) is 7.81. The van der Waals surface area contributed by atoms with Crippen LogP contribution in [0.4, 0.5) is 0 Å². The van der Waals surface area contributed by atoms with Gasteiger partial charge >= 0.3 is 0 Å². The summed E-state index contributed by atoms with van der Waals surface area (Å²) in [5.74, 6) is 0.330. The lowest BCUT2D eigenvalue weighted by atomic mass is 10.2. The molecule has 0 saturated carbocycles. The molecule has 1 amide bonds. The fraction of sp³-hybridized carbons (Fsp3) is 0.588. The minimum atomic E-state index is -0.0540. The van der Waals surface area contributed by atoms with E-state index in [1.807, 2.05) is 27.7 Å². The van der Waals surface area contributed by atoms with E-state index in [1.165, 1.54) is 23.1 Å². The zero-order valence-corrected chi connectivity index (χ0v) is 17.1. The molecule has 0 aliphatic heterocycles. The monoisotopic (exact) mass is 383 g/mol. The number of fused-ring (bicyclic) bond motifs is 1. The van der Waals surface area contributed by atoms with Gasteiger partial charge in [-0.05, 0) is 33.3 Å². The topological polar surface area (TPSA) is 64.4 Å². The molecule has 2 rings (SSSR count). The minimum absolute atomic E-state index is 0.0540. The summed E-state index contributed by atoms with van der Waals surface area (Å²) in [5, 5.41) is 1.26. The van der Waals surface area contributed by atoms with E-state index in [0.717, 1.165) is 15.3 Å². The Labute approximate surface area is 156 Å². The summed E-state index contributed by atoms with van der Waals surface area (Å²) in [7, 11) is 1.60. The van der Waals surface area contributed by atoms with E-state index in [-0.39, 0.29) is 17.2 Å². The Bertz CT molecular complexity index is 810. The maximum atomic E-state index is 12.9. The number of thiophene rings is 1. The van der Waals surface area contributed by atoms with E-state index in [4.69, 9.17) is 4.74 Å². The third-order valence-electron chi connectivity index (χ3n) is 4.21. The molecule has 2 aromatic heterocycles. The van der Waals surface area contributed by atoms with Gasteiger partial charge in [-0.25, -0.2) is 4.98 Å². The van der Waals surface area contributed by atoms with E-state index in [9.17, 15) is 9.59 Å². The lowest BCUT2D eigenvalue weighted by molar-refractivity contribution is -0.127. The Morgan fingerprint density at radius 1 is 1.32 bits per heavy atom. The van der Waals surface area contributed by atoms with E-state index in [2.05, 4.69) is 4.98 Å². The van der Waals surface area contributed by atoms with Gasteiger partial charge in [0.25, 0.3) is 5.56 Å². The van der Waals surface area contributed by atoms with Crippen LogP contribution in [0.25, 0.3) is 10.2 Å². The van der Waals surface area contributed by atoms with Gasteiger partial charge in [0.15, 0.2) is 5.16 Å². The lowest BCUT2D eigenvalue weighted by Gasteiger charge is -2.18. The van der Waals surface area contributed by atoms with Crippen LogP contribution in [0.3, 0.4) is 0 Å². The van der Waals surface area contributed by atoms with Gasteiger partial charge in [0.05, 0.1) is 24.3 Å². The number of hydrogen-bond acceptors (Lipinski definition) is 6. The maximum absolute atomic E-state index is 12.9. The summed E-state index contributed by atoms with van der Waals surface area (Å²) in [5.41, 5.74) is 0.932. The average molecular weight is 384 g/mol. The molecule has 0 atom stereocenters. The van der Waals surface area contributed by atoms with Crippen molar-refractivity contribution in [2.24, 2.45) is 0 Å². The van der Waals surface area contributed by atoms with Gasteiger partial charge in [-0.2, -0.15) is 0 Å². The Balaban J connectivity index is 2.40. The molecule has 0 spiro atoms. The summed E-state index contributed by atoms with van der Waals surface area (Å²) in [6.07, 6.45) is 0. The quantitative estimate of drug-likeness (QED) is 0.518. The van der Waals surface area contributed by atoms with Gasteiger partial charge in [-0.3, -0.25) is 14.2 Å². The number of rotatable bonds is 8. The molecule has 0 saturated heterocycles. The Morgan fingerprint density at radius 3 is 2.60 bits per heavy atom. The molecule has 0 radical (unpaired) electrons. The second kappa shape index (κ2) is 8.82. The van der Waals surface area contributed by atoms with E-state index in [1.54, 1.807) is 16.6 Å². The number of methoxy groups -OCH3 is 1. The number of carbonyl (C=O) groups excluding carboxylic acids is 1. The summed E-state index contributed by atoms with van der Waals surface area (Å²) < 4.78 is 6.76. The summed E-state index contributed by atoms with van der Waals surface area (Å²) in [6, 6.07) is 0. The predicted molar refractivity (Wildman–Crippen MR) is 104 cm³/mol. The SMILES string of the molecule is CCN(CC)C(=O)CSc1nc2sc(C)c(C)c2c(=O)n1CCOC. The molecule has 0 bridgehead atoms. The van der Waals surface area contributed by atoms with Crippen molar-refractivity contribution in [1.82, 2.24) is 14.5 Å². The highest BCUT2D eigenvalue weighted by Crippen LogP contribution is 2.28. The number of carbonyl (C=O) groups is 1. The first-order valence-electron chi connectivity index (χ1n) is 8.34. The van der Waals surface area contributed by atoms with E-state index < -0.39 is 0 Å². The number of ether oxygens (including phenoxy) is 1. The molecule has 25 heavy (non-hydrogen) atoms. The van der Waals surface area contributed by atoms with Crippen molar-refractivity contribution in [2.45, 2.75) is 39.4 Å². The average Bonchev–Trinajstić information content (AvgIpc) is 2.88. The number of aromatic nitrogens is 2. The van der Waals surface area contributed by atoms with Gasteiger partial charge in [-0.15, -0.1) is 11.3 Å². The molecule has 2 heterocycles. The first-order valence-corrected chi connectivity index (χ1v) is 10.1. The molecule has 0 N–H and O–H groups in total. The molecule has 0 aromatic carbocycles. The van der Waals surface area contributed by atoms with Gasteiger partial charge in [0.1, 0.15) is 4.83 Å². The minimum Gasteiger partial charge on any atom is -0.383 e. The molecule has 2 aromatic rings. The highest BCUT2D eigenvalue weighted by molar-refractivity contribution is 7.99. The fourth-order valence-corrected chi connectivity index (χ4v) is 4.59. The number of aryl methyl sites for hydroxylation is 2. The normalized spacial score (nSPS) is 11.2. The van der Waals surface area contributed by atoms with Crippen LogP contribution in [0.5, 0.6) is 0 Å². The summed E-state index contributed by atoms with van der Waals surface area (Å²) in [6.45, 7) is 10.1. The maximum Gasteiger partial charge on any atom is 0.263 e. The molecular formula is C17H25N3O3S2. The Kier molecular flexibility index (Phi) is 7.04. The Hall–Kier alpha value is -1.38. The van der Waals surface area contributed by atoms with Gasteiger partial charge in [0.2, 0.25) is 5.91 Å². The molecule has 8 heteroatoms. The van der Waals surface area contributed by atoms with Crippen molar-refractivity contribution in [2.75, 3.05) is 32.6 Å². The number of nitrogens with zero attached hydrogens (tertiary/aromatic N) is 3. The van der Waals surface area contributed by atoms with Crippen molar-refractivity contribution in [3.63, 3.8) is 0 Å². The molecule has 6 nitrogen and oxygen atoms in total. The second-order valence-electron chi connectivity index (χ2n) is 5.66. The van der Waals surface area contributed by atoms with Crippen LogP contribution >= 0.6 is 23.1 Å². The Morgan fingerprint density at radius 2 is 2.00 bits per heavy atom. The smallest absolute Gasteiger partial charge is 0.263 e. The highest BCUT2D eigenvalue weighted by Gasteiger charge is 2.18. The van der Waals surface area contributed by atoms with Crippen molar-refractivity contribution in [3.05, 3.63) is 20.8 Å².